The van der Waals surface area contributed by atoms with Crippen LogP contribution in [0.2, 0.25) is 0 Å². The maximum atomic E-state index is 10.2. The highest BCUT2D eigenvalue weighted by molar-refractivity contribution is 5.66. The van der Waals surface area contributed by atoms with E-state index < -0.39 is 12.1 Å². The molecule has 0 saturated carbocycles. The highest BCUT2D eigenvalue weighted by Crippen LogP contribution is 2.20. The molecule has 2 atom stereocenters. The number of ether oxygens (including phenoxy) is 1. The lowest BCUT2D eigenvalue weighted by Crippen LogP contribution is -2.29. The molecule has 0 spiro atoms. The molecule has 0 aromatic carbocycles. The fraction of sp³-hybridized carbons (Fsp3) is 0.889. The monoisotopic (exact) mass is 188 g/mol. The van der Waals surface area contributed by atoms with E-state index in [4.69, 9.17) is 9.84 Å². The third kappa shape index (κ3) is 3.74. The first-order valence-corrected chi connectivity index (χ1v) is 4.67. The summed E-state index contributed by atoms with van der Waals surface area (Å²) in [5, 5.41) is 18.0. The number of carboxylic acids is 1. The van der Waals surface area contributed by atoms with Crippen molar-refractivity contribution in [1.29, 1.82) is 0 Å². The van der Waals surface area contributed by atoms with Gasteiger partial charge in [0.2, 0.25) is 0 Å². The van der Waals surface area contributed by atoms with E-state index in [0.29, 0.717) is 13.0 Å². The summed E-state index contributed by atoms with van der Waals surface area (Å²) in [6, 6.07) is 0. The number of aliphatic hydroxyl groups excluding tert-OH is 1. The summed E-state index contributed by atoms with van der Waals surface area (Å²) < 4.78 is 5.20. The number of hydrogen-bond donors (Lipinski definition) is 2. The third-order valence-electron chi connectivity index (χ3n) is 2.39. The molecule has 2 N–H and O–H groups in total. The summed E-state index contributed by atoms with van der Waals surface area (Å²) in [4.78, 5) is 10.2. The molecule has 13 heavy (non-hydrogen) atoms. The minimum absolute atomic E-state index is 0.0394. The second-order valence-electron chi connectivity index (χ2n) is 3.48. The minimum Gasteiger partial charge on any atom is -0.481 e. The summed E-state index contributed by atoms with van der Waals surface area (Å²) in [6.45, 7) is 1.34. The SMILES string of the molecule is O=C(O)CCC(O)C1CCCOC1. The Bertz CT molecular complexity index is 163. The number of aliphatic hydroxyl groups is 1. The molecule has 4 heteroatoms. The second kappa shape index (κ2) is 5.19. The Labute approximate surface area is 77.5 Å². The van der Waals surface area contributed by atoms with Crippen LogP contribution in [-0.2, 0) is 9.53 Å². The average molecular weight is 188 g/mol. The van der Waals surface area contributed by atoms with Crippen LogP contribution in [0.25, 0.3) is 0 Å². The van der Waals surface area contributed by atoms with Crippen molar-refractivity contribution in [3.8, 4) is 0 Å². The summed E-state index contributed by atoms with van der Waals surface area (Å²) in [5.41, 5.74) is 0. The lowest BCUT2D eigenvalue weighted by molar-refractivity contribution is -0.138. The van der Waals surface area contributed by atoms with Crippen molar-refractivity contribution in [3.63, 3.8) is 0 Å². The molecule has 1 saturated heterocycles. The molecule has 1 aliphatic rings. The van der Waals surface area contributed by atoms with Crippen LogP contribution < -0.4 is 0 Å². The zero-order chi connectivity index (χ0) is 9.68. The van der Waals surface area contributed by atoms with E-state index in [-0.39, 0.29) is 12.3 Å². The van der Waals surface area contributed by atoms with Gasteiger partial charge in [0.1, 0.15) is 0 Å². The van der Waals surface area contributed by atoms with Crippen LogP contribution in [0.3, 0.4) is 0 Å². The van der Waals surface area contributed by atoms with E-state index in [2.05, 4.69) is 0 Å². The van der Waals surface area contributed by atoms with Gasteiger partial charge < -0.3 is 14.9 Å². The zero-order valence-corrected chi connectivity index (χ0v) is 7.61. The number of hydrogen-bond acceptors (Lipinski definition) is 3. The van der Waals surface area contributed by atoms with E-state index in [1.807, 2.05) is 0 Å². The quantitative estimate of drug-likeness (QED) is 0.679. The lowest BCUT2D eigenvalue weighted by Gasteiger charge is -2.26. The Hall–Kier alpha value is -0.610. The topological polar surface area (TPSA) is 66.8 Å². The van der Waals surface area contributed by atoms with Crippen LogP contribution in [0.5, 0.6) is 0 Å². The maximum absolute atomic E-state index is 10.2. The molecule has 1 fully saturated rings. The van der Waals surface area contributed by atoms with Crippen molar-refractivity contribution in [3.05, 3.63) is 0 Å². The molecule has 0 radical (unpaired) electrons. The van der Waals surface area contributed by atoms with Gasteiger partial charge in [-0.25, -0.2) is 0 Å². The zero-order valence-electron chi connectivity index (χ0n) is 7.61. The average Bonchev–Trinajstić information content (AvgIpc) is 2.15. The van der Waals surface area contributed by atoms with Gasteiger partial charge >= 0.3 is 5.97 Å². The molecule has 0 bridgehead atoms. The van der Waals surface area contributed by atoms with Gasteiger partial charge in [0.05, 0.1) is 12.7 Å². The van der Waals surface area contributed by atoms with Gasteiger partial charge in [-0.3, -0.25) is 4.79 Å². The van der Waals surface area contributed by atoms with Crippen LogP contribution in [0.4, 0.5) is 0 Å². The van der Waals surface area contributed by atoms with Crippen molar-refractivity contribution in [2.45, 2.75) is 31.8 Å². The van der Waals surface area contributed by atoms with Gasteiger partial charge in [-0.2, -0.15) is 0 Å². The molecular formula is C9H16O4. The van der Waals surface area contributed by atoms with E-state index in [9.17, 15) is 9.90 Å². The van der Waals surface area contributed by atoms with Gasteiger partial charge in [0.15, 0.2) is 0 Å². The Balaban J connectivity index is 2.20. The molecule has 76 valence electrons. The van der Waals surface area contributed by atoms with Crippen molar-refractivity contribution in [2.24, 2.45) is 5.92 Å². The van der Waals surface area contributed by atoms with Crippen LogP contribution >= 0.6 is 0 Å². The molecular weight excluding hydrogens is 172 g/mol. The van der Waals surface area contributed by atoms with E-state index >= 15 is 0 Å². The Morgan fingerprint density at radius 2 is 2.38 bits per heavy atom. The van der Waals surface area contributed by atoms with E-state index in [1.54, 1.807) is 0 Å². The highest BCUT2D eigenvalue weighted by atomic mass is 16.5. The summed E-state index contributed by atoms with van der Waals surface area (Å²) in [5.74, 6) is -0.719. The number of aliphatic carboxylic acids is 1. The van der Waals surface area contributed by atoms with Gasteiger partial charge in [-0.05, 0) is 19.3 Å². The van der Waals surface area contributed by atoms with Crippen molar-refractivity contribution < 1.29 is 19.7 Å². The second-order valence-corrected chi connectivity index (χ2v) is 3.48. The van der Waals surface area contributed by atoms with Gasteiger partial charge in [0.25, 0.3) is 0 Å². The molecule has 4 nitrogen and oxygen atoms in total. The van der Waals surface area contributed by atoms with Crippen molar-refractivity contribution >= 4 is 5.97 Å². The Morgan fingerprint density at radius 3 is 2.92 bits per heavy atom. The predicted molar refractivity (Wildman–Crippen MR) is 46.4 cm³/mol. The normalized spacial score (nSPS) is 25.5. The van der Waals surface area contributed by atoms with Gasteiger partial charge in [-0.1, -0.05) is 0 Å². The first kappa shape index (κ1) is 10.5. The summed E-state index contributed by atoms with van der Waals surface area (Å²) >= 11 is 0. The molecule has 0 amide bonds. The molecule has 1 rings (SSSR count). The fourth-order valence-electron chi connectivity index (χ4n) is 1.58. The van der Waals surface area contributed by atoms with Gasteiger partial charge in [0, 0.05) is 18.9 Å². The Morgan fingerprint density at radius 1 is 1.62 bits per heavy atom. The molecule has 0 aromatic rings. The number of carbonyl (C=O) groups is 1. The van der Waals surface area contributed by atoms with Crippen molar-refractivity contribution in [2.75, 3.05) is 13.2 Å². The first-order valence-electron chi connectivity index (χ1n) is 4.67. The Kier molecular flexibility index (Phi) is 4.18. The van der Waals surface area contributed by atoms with Crippen LogP contribution in [0.15, 0.2) is 0 Å². The standard InChI is InChI=1S/C9H16O4/c10-8(3-4-9(11)12)7-2-1-5-13-6-7/h7-8,10H,1-6H2,(H,11,12). The van der Waals surface area contributed by atoms with Crippen LogP contribution in [-0.4, -0.2) is 35.5 Å². The predicted octanol–water partition coefficient (Wildman–Crippen LogP) is 0.639. The number of rotatable bonds is 4. The minimum atomic E-state index is -0.851. The molecule has 2 unspecified atom stereocenters. The molecule has 0 aliphatic carbocycles. The fourth-order valence-corrected chi connectivity index (χ4v) is 1.58. The van der Waals surface area contributed by atoms with E-state index in [0.717, 1.165) is 19.4 Å². The van der Waals surface area contributed by atoms with E-state index in [1.165, 1.54) is 0 Å². The maximum Gasteiger partial charge on any atom is 0.303 e. The molecule has 0 aromatic heterocycles. The molecule has 1 aliphatic heterocycles. The molecule has 1 heterocycles. The lowest BCUT2D eigenvalue weighted by atomic mass is 9.93. The first-order chi connectivity index (χ1) is 6.20. The van der Waals surface area contributed by atoms with Gasteiger partial charge in [-0.15, -0.1) is 0 Å². The van der Waals surface area contributed by atoms with Crippen LogP contribution in [0, 0.1) is 5.92 Å². The highest BCUT2D eigenvalue weighted by Gasteiger charge is 2.22. The third-order valence-corrected chi connectivity index (χ3v) is 2.39. The summed E-state index contributed by atoms with van der Waals surface area (Å²) in [7, 11) is 0. The van der Waals surface area contributed by atoms with Crippen LogP contribution in [0.1, 0.15) is 25.7 Å². The largest absolute Gasteiger partial charge is 0.481 e. The summed E-state index contributed by atoms with van der Waals surface area (Å²) in [6.07, 6.45) is 1.77. The smallest absolute Gasteiger partial charge is 0.303 e. The van der Waals surface area contributed by atoms with Crippen molar-refractivity contribution in [1.82, 2.24) is 0 Å². The number of carboxylic acid groups (broad SMARTS) is 1.